The number of anilines is 2. The van der Waals surface area contributed by atoms with Crippen LogP contribution < -0.4 is 10.6 Å². The summed E-state index contributed by atoms with van der Waals surface area (Å²) in [4.78, 5) is 16.3. The zero-order valence-corrected chi connectivity index (χ0v) is 14.1. The average Bonchev–Trinajstić information content (AvgIpc) is 2.60. The number of nitrogens with zero attached hydrogens (tertiary/aromatic N) is 1. The van der Waals surface area contributed by atoms with Gasteiger partial charge in [-0.15, -0.1) is 0 Å². The first-order valence-electron chi connectivity index (χ1n) is 8.84. The number of aliphatic hydroxyl groups is 1. The van der Waals surface area contributed by atoms with Gasteiger partial charge in [-0.25, -0.2) is 4.98 Å². The van der Waals surface area contributed by atoms with Crippen molar-refractivity contribution < 1.29 is 9.90 Å². The Bertz CT molecular complexity index is 466. The monoisotopic (exact) mass is 319 g/mol. The van der Waals surface area contributed by atoms with Crippen molar-refractivity contribution in [1.29, 1.82) is 0 Å². The average molecular weight is 319 g/mol. The van der Waals surface area contributed by atoms with Crippen molar-refractivity contribution in [1.82, 2.24) is 4.98 Å². The fourth-order valence-corrected chi connectivity index (χ4v) is 3.07. The second kappa shape index (κ2) is 9.50. The second-order valence-electron chi connectivity index (χ2n) is 6.46. The summed E-state index contributed by atoms with van der Waals surface area (Å²) in [6.45, 7) is 2.09. The molecule has 1 fully saturated rings. The van der Waals surface area contributed by atoms with Gasteiger partial charge in [-0.2, -0.15) is 0 Å². The lowest BCUT2D eigenvalue weighted by Gasteiger charge is -2.21. The second-order valence-corrected chi connectivity index (χ2v) is 6.46. The lowest BCUT2D eigenvalue weighted by atomic mass is 9.86. The first-order chi connectivity index (χ1) is 11.2. The van der Waals surface area contributed by atoms with Gasteiger partial charge in [0.05, 0.1) is 24.5 Å². The van der Waals surface area contributed by atoms with Crippen LogP contribution in [0, 0.1) is 5.92 Å². The number of amides is 1. The zero-order valence-electron chi connectivity index (χ0n) is 14.1. The van der Waals surface area contributed by atoms with Crippen LogP contribution in [0.2, 0.25) is 0 Å². The van der Waals surface area contributed by atoms with Crippen LogP contribution in [-0.2, 0) is 4.79 Å². The number of carbonyl (C=O) groups is 1. The highest BCUT2D eigenvalue weighted by Gasteiger charge is 2.15. The van der Waals surface area contributed by atoms with E-state index in [-0.39, 0.29) is 18.6 Å². The summed E-state index contributed by atoms with van der Waals surface area (Å²) < 4.78 is 0. The van der Waals surface area contributed by atoms with Crippen molar-refractivity contribution in [3.8, 4) is 0 Å². The molecule has 23 heavy (non-hydrogen) atoms. The molecule has 0 aromatic carbocycles. The van der Waals surface area contributed by atoms with Gasteiger partial charge in [0, 0.05) is 6.42 Å². The van der Waals surface area contributed by atoms with Gasteiger partial charge in [-0.05, 0) is 30.9 Å². The highest BCUT2D eigenvalue weighted by molar-refractivity contribution is 5.90. The molecule has 0 saturated heterocycles. The lowest BCUT2D eigenvalue weighted by molar-refractivity contribution is -0.116. The van der Waals surface area contributed by atoms with Crippen LogP contribution in [0.5, 0.6) is 0 Å². The van der Waals surface area contributed by atoms with Gasteiger partial charge in [0.2, 0.25) is 5.91 Å². The van der Waals surface area contributed by atoms with Gasteiger partial charge < -0.3 is 15.7 Å². The Morgan fingerprint density at radius 3 is 2.74 bits per heavy atom. The molecule has 5 nitrogen and oxygen atoms in total. The van der Waals surface area contributed by atoms with Crippen LogP contribution in [0.25, 0.3) is 0 Å². The quantitative estimate of drug-likeness (QED) is 0.685. The molecule has 1 aliphatic rings. The minimum Gasteiger partial charge on any atom is -0.394 e. The zero-order chi connectivity index (χ0) is 16.5. The Morgan fingerprint density at radius 1 is 1.35 bits per heavy atom. The molecule has 0 radical (unpaired) electrons. The van der Waals surface area contributed by atoms with Crippen molar-refractivity contribution in [2.45, 2.75) is 64.3 Å². The van der Waals surface area contributed by atoms with E-state index in [0.29, 0.717) is 12.2 Å². The third-order valence-corrected chi connectivity index (χ3v) is 4.62. The molecule has 0 aliphatic heterocycles. The SMILES string of the molecule is CCC(CO)Nc1ccc(NC(=O)CCC2CCCCC2)cn1. The van der Waals surface area contributed by atoms with Crippen LogP contribution in [0.1, 0.15) is 58.3 Å². The van der Waals surface area contributed by atoms with Crippen molar-refractivity contribution in [3.63, 3.8) is 0 Å². The first-order valence-corrected chi connectivity index (χ1v) is 8.84. The van der Waals surface area contributed by atoms with E-state index < -0.39 is 0 Å². The molecule has 0 spiro atoms. The Labute approximate surface area is 138 Å². The molecule has 5 heteroatoms. The van der Waals surface area contributed by atoms with Gasteiger partial charge in [0.1, 0.15) is 5.82 Å². The first kappa shape index (κ1) is 17.7. The van der Waals surface area contributed by atoms with Gasteiger partial charge >= 0.3 is 0 Å². The maximum atomic E-state index is 12.0. The van der Waals surface area contributed by atoms with Crippen LogP contribution in [-0.4, -0.2) is 28.6 Å². The smallest absolute Gasteiger partial charge is 0.224 e. The van der Waals surface area contributed by atoms with Gasteiger partial charge in [-0.3, -0.25) is 4.79 Å². The molecule has 1 aromatic heterocycles. The van der Waals surface area contributed by atoms with E-state index in [1.54, 1.807) is 6.20 Å². The fourth-order valence-electron chi connectivity index (χ4n) is 3.07. The Hall–Kier alpha value is -1.62. The number of carbonyl (C=O) groups excluding carboxylic acids is 1. The Kier molecular flexibility index (Phi) is 7.33. The highest BCUT2D eigenvalue weighted by atomic mass is 16.3. The van der Waals surface area contributed by atoms with Crippen molar-refractivity contribution in [2.24, 2.45) is 5.92 Å². The molecule has 1 unspecified atom stereocenters. The van der Waals surface area contributed by atoms with Gasteiger partial charge in [0.25, 0.3) is 0 Å². The summed E-state index contributed by atoms with van der Waals surface area (Å²) >= 11 is 0. The predicted molar refractivity (Wildman–Crippen MR) is 93.5 cm³/mol. The van der Waals surface area contributed by atoms with Crippen molar-refractivity contribution >= 4 is 17.4 Å². The number of hydrogen-bond acceptors (Lipinski definition) is 4. The van der Waals surface area contributed by atoms with E-state index in [4.69, 9.17) is 0 Å². The topological polar surface area (TPSA) is 74.2 Å². The fraction of sp³-hybridized carbons (Fsp3) is 0.667. The van der Waals surface area contributed by atoms with E-state index in [9.17, 15) is 9.90 Å². The van der Waals surface area contributed by atoms with E-state index in [1.807, 2.05) is 19.1 Å². The molecular formula is C18H29N3O2. The number of hydrogen-bond donors (Lipinski definition) is 3. The standard InChI is InChI=1S/C18H29N3O2/c1-2-15(13-22)20-17-10-9-16(12-19-17)21-18(23)11-8-14-6-4-3-5-7-14/h9-10,12,14-15,22H,2-8,11,13H2,1H3,(H,19,20)(H,21,23). The minimum absolute atomic E-state index is 0.0124. The molecule has 0 bridgehead atoms. The Morgan fingerprint density at radius 2 is 2.13 bits per heavy atom. The molecule has 1 amide bonds. The summed E-state index contributed by atoms with van der Waals surface area (Å²) in [6.07, 6.45) is 10.6. The molecular weight excluding hydrogens is 290 g/mol. The van der Waals surface area contributed by atoms with Gasteiger partial charge in [0.15, 0.2) is 0 Å². The highest BCUT2D eigenvalue weighted by Crippen LogP contribution is 2.27. The molecule has 2 rings (SSSR count). The molecule has 1 atom stereocenters. The van der Waals surface area contributed by atoms with Crippen LogP contribution in [0.15, 0.2) is 18.3 Å². The van der Waals surface area contributed by atoms with Gasteiger partial charge in [-0.1, -0.05) is 39.0 Å². The normalized spacial score (nSPS) is 16.8. The summed E-state index contributed by atoms with van der Waals surface area (Å²) in [6, 6.07) is 3.69. The lowest BCUT2D eigenvalue weighted by Crippen LogP contribution is -2.23. The van der Waals surface area contributed by atoms with Crippen LogP contribution >= 0.6 is 0 Å². The maximum absolute atomic E-state index is 12.0. The number of rotatable bonds is 8. The summed E-state index contributed by atoms with van der Waals surface area (Å²) in [5.41, 5.74) is 0.723. The summed E-state index contributed by atoms with van der Waals surface area (Å²) in [5.74, 6) is 1.51. The van der Waals surface area contributed by atoms with E-state index >= 15 is 0 Å². The maximum Gasteiger partial charge on any atom is 0.224 e. The Balaban J connectivity index is 1.74. The van der Waals surface area contributed by atoms with E-state index in [0.717, 1.165) is 24.4 Å². The van der Waals surface area contributed by atoms with E-state index in [1.165, 1.54) is 32.1 Å². The van der Waals surface area contributed by atoms with Crippen LogP contribution in [0.3, 0.4) is 0 Å². The number of aromatic nitrogens is 1. The third kappa shape index (κ3) is 6.18. The number of nitrogens with one attached hydrogen (secondary N) is 2. The van der Waals surface area contributed by atoms with E-state index in [2.05, 4.69) is 15.6 Å². The van der Waals surface area contributed by atoms with Crippen LogP contribution in [0.4, 0.5) is 11.5 Å². The number of pyridine rings is 1. The molecule has 1 saturated carbocycles. The molecule has 128 valence electrons. The number of aliphatic hydroxyl groups excluding tert-OH is 1. The summed E-state index contributed by atoms with van der Waals surface area (Å²) in [7, 11) is 0. The third-order valence-electron chi connectivity index (χ3n) is 4.62. The summed E-state index contributed by atoms with van der Waals surface area (Å²) in [5, 5.41) is 15.2. The minimum atomic E-state index is 0.0124. The molecule has 1 aliphatic carbocycles. The molecule has 1 heterocycles. The van der Waals surface area contributed by atoms with Crippen molar-refractivity contribution in [3.05, 3.63) is 18.3 Å². The molecule has 1 aromatic rings. The predicted octanol–water partition coefficient (Wildman–Crippen LogP) is 3.56. The largest absolute Gasteiger partial charge is 0.394 e. The van der Waals surface area contributed by atoms with Crippen molar-refractivity contribution in [2.75, 3.05) is 17.2 Å². The molecule has 3 N–H and O–H groups in total.